The fraction of sp³-hybridized carbons (Fsp3) is 0.250. The van der Waals surface area contributed by atoms with Gasteiger partial charge in [0.15, 0.2) is 0 Å². The summed E-state index contributed by atoms with van der Waals surface area (Å²) in [6.07, 6.45) is -0.162. The van der Waals surface area contributed by atoms with E-state index in [0.717, 1.165) is 15.6 Å². The van der Waals surface area contributed by atoms with Crippen molar-refractivity contribution < 1.29 is 4.74 Å². The molecule has 0 bridgehead atoms. The Hall–Kier alpha value is -0.870. The van der Waals surface area contributed by atoms with Gasteiger partial charge in [-0.15, -0.1) is 0 Å². The van der Waals surface area contributed by atoms with E-state index in [-0.39, 0.29) is 12.1 Å². The first-order chi connectivity index (χ1) is 9.58. The van der Waals surface area contributed by atoms with Crippen LogP contribution in [0.5, 0.6) is 0 Å². The third kappa shape index (κ3) is 4.06. The Bertz CT molecular complexity index is 574. The molecule has 20 heavy (non-hydrogen) atoms. The van der Waals surface area contributed by atoms with Crippen LogP contribution in [-0.4, -0.2) is 6.04 Å². The fourth-order valence-corrected chi connectivity index (χ4v) is 2.77. The molecule has 0 saturated carbocycles. The maximum atomic E-state index is 6.06. The van der Waals surface area contributed by atoms with Crippen LogP contribution in [0.25, 0.3) is 0 Å². The van der Waals surface area contributed by atoms with Crippen molar-refractivity contribution in [3.05, 3.63) is 69.2 Å². The van der Waals surface area contributed by atoms with Crippen LogP contribution in [0, 0.1) is 0 Å². The lowest BCUT2D eigenvalue weighted by Gasteiger charge is -2.23. The van der Waals surface area contributed by atoms with E-state index < -0.39 is 0 Å². The van der Waals surface area contributed by atoms with E-state index in [2.05, 4.69) is 15.9 Å². The zero-order valence-electron chi connectivity index (χ0n) is 11.2. The average molecular weight is 355 g/mol. The molecule has 2 nitrogen and oxygen atoms in total. The van der Waals surface area contributed by atoms with Crippen LogP contribution in [0.15, 0.2) is 53.0 Å². The highest BCUT2D eigenvalue weighted by Gasteiger charge is 2.19. The van der Waals surface area contributed by atoms with Gasteiger partial charge < -0.3 is 10.5 Å². The highest BCUT2D eigenvalue weighted by Crippen LogP contribution is 2.28. The van der Waals surface area contributed by atoms with Gasteiger partial charge in [-0.05, 0) is 36.2 Å². The molecule has 2 N–H and O–H groups in total. The van der Waals surface area contributed by atoms with Crippen LogP contribution in [0.4, 0.5) is 0 Å². The third-order valence-electron chi connectivity index (χ3n) is 3.01. The van der Waals surface area contributed by atoms with Gasteiger partial charge in [0.05, 0.1) is 12.7 Å². The SMILES string of the molecule is CC(N)C(OCc1cccc(Cl)c1)c1ccccc1Br. The molecule has 2 unspecified atom stereocenters. The normalized spacial score (nSPS) is 14.0. The van der Waals surface area contributed by atoms with Crippen LogP contribution >= 0.6 is 27.5 Å². The fourth-order valence-electron chi connectivity index (χ4n) is 2.04. The Morgan fingerprint density at radius 3 is 2.60 bits per heavy atom. The maximum Gasteiger partial charge on any atom is 0.0988 e. The van der Waals surface area contributed by atoms with Gasteiger partial charge in [0.25, 0.3) is 0 Å². The Labute approximate surface area is 133 Å². The number of ether oxygens (including phenoxy) is 1. The molecule has 2 aromatic carbocycles. The Kier molecular flexibility index (Phi) is 5.61. The van der Waals surface area contributed by atoms with Gasteiger partial charge in [0.1, 0.15) is 0 Å². The summed E-state index contributed by atoms with van der Waals surface area (Å²) in [5.74, 6) is 0. The molecule has 0 aliphatic heterocycles. The summed E-state index contributed by atoms with van der Waals surface area (Å²) >= 11 is 9.52. The van der Waals surface area contributed by atoms with Gasteiger partial charge in [-0.1, -0.05) is 57.9 Å². The average Bonchev–Trinajstić information content (AvgIpc) is 2.40. The van der Waals surface area contributed by atoms with Crippen LogP contribution < -0.4 is 5.73 Å². The second-order valence-electron chi connectivity index (χ2n) is 4.74. The molecule has 4 heteroatoms. The third-order valence-corrected chi connectivity index (χ3v) is 3.97. The molecular formula is C16H17BrClNO. The predicted octanol–water partition coefficient (Wildman–Crippen LogP) is 4.71. The first kappa shape index (κ1) is 15.5. The van der Waals surface area contributed by atoms with Gasteiger partial charge in [0, 0.05) is 15.5 Å². The molecular weight excluding hydrogens is 338 g/mol. The van der Waals surface area contributed by atoms with Crippen LogP contribution in [0.1, 0.15) is 24.2 Å². The molecule has 0 radical (unpaired) electrons. The number of benzene rings is 2. The second-order valence-corrected chi connectivity index (χ2v) is 6.03. The summed E-state index contributed by atoms with van der Waals surface area (Å²) in [6.45, 7) is 2.43. The Balaban J connectivity index is 2.13. The molecule has 0 aliphatic rings. The minimum atomic E-state index is -0.162. The predicted molar refractivity (Wildman–Crippen MR) is 86.8 cm³/mol. The van der Waals surface area contributed by atoms with Crippen molar-refractivity contribution in [1.29, 1.82) is 0 Å². The van der Waals surface area contributed by atoms with Crippen LogP contribution in [0.3, 0.4) is 0 Å². The number of rotatable bonds is 5. The number of hydrogen-bond donors (Lipinski definition) is 1. The quantitative estimate of drug-likeness (QED) is 0.844. The monoisotopic (exact) mass is 353 g/mol. The maximum absolute atomic E-state index is 6.06. The summed E-state index contributed by atoms with van der Waals surface area (Å²) in [5, 5.41) is 0.712. The van der Waals surface area contributed by atoms with E-state index in [1.807, 2.05) is 55.5 Å². The molecule has 2 atom stereocenters. The lowest BCUT2D eigenvalue weighted by atomic mass is 10.0. The molecule has 0 aliphatic carbocycles. The molecule has 0 fully saturated rings. The molecule has 0 aromatic heterocycles. The first-order valence-electron chi connectivity index (χ1n) is 6.44. The lowest BCUT2D eigenvalue weighted by molar-refractivity contribution is 0.0254. The van der Waals surface area contributed by atoms with Gasteiger partial charge >= 0.3 is 0 Å². The smallest absolute Gasteiger partial charge is 0.0988 e. The van der Waals surface area contributed by atoms with Gasteiger partial charge in [-0.25, -0.2) is 0 Å². The summed E-state index contributed by atoms with van der Waals surface area (Å²) in [5.41, 5.74) is 8.16. The van der Waals surface area contributed by atoms with E-state index in [1.165, 1.54) is 0 Å². The van der Waals surface area contributed by atoms with E-state index in [9.17, 15) is 0 Å². The van der Waals surface area contributed by atoms with Crippen molar-refractivity contribution in [3.8, 4) is 0 Å². The van der Waals surface area contributed by atoms with Crippen LogP contribution in [0.2, 0.25) is 5.02 Å². The minimum Gasteiger partial charge on any atom is -0.367 e. The number of nitrogens with two attached hydrogens (primary N) is 1. The Morgan fingerprint density at radius 1 is 1.20 bits per heavy atom. The standard InChI is InChI=1S/C16H17BrClNO/c1-11(19)16(14-7-2-3-8-15(14)17)20-10-12-5-4-6-13(18)9-12/h2-9,11,16H,10,19H2,1H3. The van der Waals surface area contributed by atoms with Crippen molar-refractivity contribution in [2.24, 2.45) is 5.73 Å². The van der Waals surface area contributed by atoms with Crippen molar-refractivity contribution >= 4 is 27.5 Å². The largest absolute Gasteiger partial charge is 0.367 e. The van der Waals surface area contributed by atoms with E-state index >= 15 is 0 Å². The highest BCUT2D eigenvalue weighted by atomic mass is 79.9. The zero-order chi connectivity index (χ0) is 14.5. The number of halogens is 2. The van der Waals surface area contributed by atoms with Crippen LogP contribution in [-0.2, 0) is 11.3 Å². The van der Waals surface area contributed by atoms with E-state index in [1.54, 1.807) is 0 Å². The lowest BCUT2D eigenvalue weighted by Crippen LogP contribution is -2.27. The second kappa shape index (κ2) is 7.23. The summed E-state index contributed by atoms with van der Waals surface area (Å²) < 4.78 is 7.01. The van der Waals surface area contributed by atoms with E-state index in [4.69, 9.17) is 22.1 Å². The number of hydrogen-bond acceptors (Lipinski definition) is 2. The molecule has 0 heterocycles. The van der Waals surface area contributed by atoms with Crippen molar-refractivity contribution in [2.45, 2.75) is 25.7 Å². The Morgan fingerprint density at radius 2 is 1.95 bits per heavy atom. The van der Waals surface area contributed by atoms with Gasteiger partial charge in [-0.3, -0.25) is 0 Å². The molecule has 2 aromatic rings. The minimum absolute atomic E-state index is 0.104. The highest BCUT2D eigenvalue weighted by molar-refractivity contribution is 9.10. The first-order valence-corrected chi connectivity index (χ1v) is 7.61. The molecule has 2 rings (SSSR count). The van der Waals surface area contributed by atoms with E-state index in [0.29, 0.717) is 11.6 Å². The van der Waals surface area contributed by atoms with Crippen molar-refractivity contribution in [2.75, 3.05) is 0 Å². The molecule has 106 valence electrons. The molecule has 0 saturated heterocycles. The van der Waals surface area contributed by atoms with Gasteiger partial charge in [-0.2, -0.15) is 0 Å². The van der Waals surface area contributed by atoms with Crippen molar-refractivity contribution in [3.63, 3.8) is 0 Å². The van der Waals surface area contributed by atoms with Crippen molar-refractivity contribution in [1.82, 2.24) is 0 Å². The zero-order valence-corrected chi connectivity index (χ0v) is 13.6. The summed E-state index contributed by atoms with van der Waals surface area (Å²) in [4.78, 5) is 0. The molecule has 0 spiro atoms. The summed E-state index contributed by atoms with van der Waals surface area (Å²) in [7, 11) is 0. The van der Waals surface area contributed by atoms with Gasteiger partial charge in [0.2, 0.25) is 0 Å². The molecule has 0 amide bonds. The topological polar surface area (TPSA) is 35.2 Å². The summed E-state index contributed by atoms with van der Waals surface area (Å²) in [6, 6.07) is 15.5.